The normalized spacial score (nSPS) is 12.7. The second-order valence-corrected chi connectivity index (χ2v) is 23.9. The number of rotatable bonds is 8. The van der Waals surface area contributed by atoms with Gasteiger partial charge in [0.05, 0.1) is 28.0 Å². The van der Waals surface area contributed by atoms with Crippen molar-refractivity contribution >= 4 is 11.0 Å². The third-order valence-electron chi connectivity index (χ3n) is 13.8. The fourth-order valence-corrected chi connectivity index (χ4v) is 9.25. The number of fused-ring (bicyclic) bond motifs is 1. The van der Waals surface area contributed by atoms with Crippen molar-refractivity contribution in [3.63, 3.8) is 0 Å². The van der Waals surface area contributed by atoms with Crippen molar-refractivity contribution in [3.05, 3.63) is 167 Å². The maximum atomic E-state index is 12.5. The molecule has 8 rings (SSSR count). The van der Waals surface area contributed by atoms with Gasteiger partial charge in [0.2, 0.25) is 0 Å². The maximum Gasteiger partial charge on any atom is 0.149 e. The van der Waals surface area contributed by atoms with Crippen LogP contribution < -0.4 is 0 Å². The van der Waals surface area contributed by atoms with E-state index in [1.807, 2.05) is 6.20 Å². The van der Waals surface area contributed by atoms with E-state index in [9.17, 15) is 5.11 Å². The van der Waals surface area contributed by atoms with Crippen LogP contribution in [0.3, 0.4) is 0 Å². The largest absolute Gasteiger partial charge is 0.507 e. The summed E-state index contributed by atoms with van der Waals surface area (Å²) in [6, 6.07) is 47.1. The van der Waals surface area contributed by atoms with Crippen LogP contribution in [0.5, 0.6) is 5.75 Å². The van der Waals surface area contributed by atoms with Gasteiger partial charge in [-0.05, 0) is 132 Å². The summed E-state index contributed by atoms with van der Waals surface area (Å²) in [5, 5.41) is 12.5. The second-order valence-electron chi connectivity index (χ2n) is 23.9. The van der Waals surface area contributed by atoms with Gasteiger partial charge >= 0.3 is 0 Å². The number of para-hydroxylation sites is 1. The molecule has 2 heterocycles. The van der Waals surface area contributed by atoms with Gasteiger partial charge in [-0.2, -0.15) is 0 Å². The molecule has 0 radical (unpaired) electrons. The molecule has 0 amide bonds. The first-order chi connectivity index (χ1) is 31.8. The highest BCUT2D eigenvalue weighted by Gasteiger charge is 2.27. The Morgan fingerprint density at radius 3 is 1.60 bits per heavy atom. The zero-order chi connectivity index (χ0) is 49.2. The Hall–Kier alpha value is -6.26. The lowest BCUT2D eigenvalue weighted by molar-refractivity contribution is 0.466. The molecule has 0 saturated carbocycles. The molecule has 0 saturated heterocycles. The number of nitrogens with zero attached hydrogens (tertiary/aromatic N) is 3. The van der Waals surface area contributed by atoms with Gasteiger partial charge in [-0.25, -0.2) is 4.98 Å². The van der Waals surface area contributed by atoms with E-state index in [0.717, 1.165) is 66.9 Å². The summed E-state index contributed by atoms with van der Waals surface area (Å²) in [7, 11) is 0. The molecule has 0 aliphatic carbocycles. The van der Waals surface area contributed by atoms with Crippen LogP contribution in [0.15, 0.2) is 134 Å². The molecule has 0 unspecified atom stereocenters. The SMILES string of the molecule is CC(C)c1cc(-c2nc3c(-c4cc(-c5cc(-c6ccc(C(C)(C)C)cc6)ccn5)cc(C(C)(C)C)c4)cccc3n2-c2cc(C(C)(C)C)ccc2-c2ccc(C(C)(C)C)cc2)c(O)c(C(C)C)c1. The van der Waals surface area contributed by atoms with Crippen LogP contribution in [0, 0.1) is 0 Å². The lowest BCUT2D eigenvalue weighted by Crippen LogP contribution is -2.13. The molecule has 0 atom stereocenters. The zero-order valence-electron chi connectivity index (χ0n) is 43.6. The molecule has 4 nitrogen and oxygen atoms in total. The third-order valence-corrected chi connectivity index (χ3v) is 13.8. The number of imidazole rings is 1. The molecular weight excluding hydrogens is 827 g/mol. The van der Waals surface area contributed by atoms with Crippen LogP contribution in [-0.4, -0.2) is 19.6 Å². The van der Waals surface area contributed by atoms with Crippen molar-refractivity contribution in [2.75, 3.05) is 0 Å². The molecule has 0 aliphatic heterocycles. The summed E-state index contributed by atoms with van der Waals surface area (Å²) in [6.45, 7) is 35.9. The number of aromatic hydroxyl groups is 1. The van der Waals surface area contributed by atoms with Crippen LogP contribution >= 0.6 is 0 Å². The van der Waals surface area contributed by atoms with Gasteiger partial charge in [-0.15, -0.1) is 0 Å². The van der Waals surface area contributed by atoms with Crippen molar-refractivity contribution < 1.29 is 5.11 Å². The van der Waals surface area contributed by atoms with Crippen LogP contribution in [0.4, 0.5) is 0 Å². The number of phenols is 1. The Morgan fingerprint density at radius 2 is 1.03 bits per heavy atom. The van der Waals surface area contributed by atoms with Crippen molar-refractivity contribution in [3.8, 4) is 67.5 Å². The van der Waals surface area contributed by atoms with E-state index in [1.54, 1.807) is 0 Å². The van der Waals surface area contributed by atoms with E-state index in [2.05, 4.69) is 243 Å². The van der Waals surface area contributed by atoms with E-state index in [0.29, 0.717) is 5.82 Å². The quantitative estimate of drug-likeness (QED) is 0.165. The minimum Gasteiger partial charge on any atom is -0.507 e. The van der Waals surface area contributed by atoms with E-state index in [1.165, 1.54) is 33.4 Å². The zero-order valence-corrected chi connectivity index (χ0v) is 43.6. The Labute approximate surface area is 407 Å². The highest BCUT2D eigenvalue weighted by Crippen LogP contribution is 2.45. The molecule has 68 heavy (non-hydrogen) atoms. The molecule has 1 N–H and O–H groups in total. The third kappa shape index (κ3) is 9.57. The first-order valence-electron chi connectivity index (χ1n) is 24.7. The fraction of sp³-hybridized carbons (Fsp3) is 0.344. The van der Waals surface area contributed by atoms with E-state index in [-0.39, 0.29) is 39.2 Å². The van der Waals surface area contributed by atoms with Gasteiger partial charge < -0.3 is 5.11 Å². The average molecular weight is 900 g/mol. The molecule has 350 valence electrons. The van der Waals surface area contributed by atoms with Crippen LogP contribution in [-0.2, 0) is 21.7 Å². The highest BCUT2D eigenvalue weighted by atomic mass is 16.3. The van der Waals surface area contributed by atoms with Gasteiger partial charge in [0.1, 0.15) is 11.6 Å². The molecular formula is C64H73N3O. The minimum atomic E-state index is -0.148. The molecule has 0 bridgehead atoms. The number of hydrogen-bond acceptors (Lipinski definition) is 3. The maximum absolute atomic E-state index is 12.5. The summed E-state index contributed by atoms with van der Waals surface area (Å²) >= 11 is 0. The molecule has 0 fully saturated rings. The fourth-order valence-electron chi connectivity index (χ4n) is 9.25. The predicted octanol–water partition coefficient (Wildman–Crippen LogP) is 17.9. The van der Waals surface area contributed by atoms with Crippen LogP contribution in [0.2, 0.25) is 0 Å². The second kappa shape index (κ2) is 17.7. The van der Waals surface area contributed by atoms with E-state index in [4.69, 9.17) is 9.97 Å². The number of benzene rings is 6. The lowest BCUT2D eigenvalue weighted by atomic mass is 9.83. The molecule has 4 heteroatoms. The molecule has 2 aromatic heterocycles. The highest BCUT2D eigenvalue weighted by molar-refractivity contribution is 5.98. The summed E-state index contributed by atoms with van der Waals surface area (Å²) in [5.74, 6) is 1.35. The van der Waals surface area contributed by atoms with Gasteiger partial charge in [-0.1, -0.05) is 196 Å². The molecule has 8 aromatic rings. The van der Waals surface area contributed by atoms with Gasteiger partial charge in [0.25, 0.3) is 0 Å². The van der Waals surface area contributed by atoms with Crippen molar-refractivity contribution in [2.24, 2.45) is 0 Å². The summed E-state index contributed by atoms with van der Waals surface area (Å²) in [4.78, 5) is 10.7. The first kappa shape index (κ1) is 48.2. The number of phenolic OH excluding ortho intramolecular Hbond substituents is 1. The van der Waals surface area contributed by atoms with Crippen LogP contribution in [0.25, 0.3) is 72.7 Å². The van der Waals surface area contributed by atoms with Crippen molar-refractivity contribution in [1.29, 1.82) is 0 Å². The molecule has 0 spiro atoms. The van der Waals surface area contributed by atoms with Crippen molar-refractivity contribution in [1.82, 2.24) is 14.5 Å². The number of aromatic nitrogens is 3. The Bertz CT molecular complexity index is 3130. The lowest BCUT2D eigenvalue weighted by Gasteiger charge is -2.24. The first-order valence-corrected chi connectivity index (χ1v) is 24.7. The van der Waals surface area contributed by atoms with E-state index >= 15 is 0 Å². The summed E-state index contributed by atoms with van der Waals surface area (Å²) in [5.41, 5.74) is 19.2. The Morgan fingerprint density at radius 1 is 0.456 bits per heavy atom. The van der Waals surface area contributed by atoms with Gasteiger partial charge in [-0.3, -0.25) is 9.55 Å². The Balaban J connectivity index is 1.42. The van der Waals surface area contributed by atoms with E-state index < -0.39 is 0 Å². The number of pyridine rings is 1. The molecule has 6 aromatic carbocycles. The van der Waals surface area contributed by atoms with Gasteiger partial charge in [0.15, 0.2) is 0 Å². The monoisotopic (exact) mass is 900 g/mol. The van der Waals surface area contributed by atoms with Crippen LogP contribution in [0.1, 0.15) is 156 Å². The summed E-state index contributed by atoms with van der Waals surface area (Å²) < 4.78 is 2.33. The van der Waals surface area contributed by atoms with Gasteiger partial charge in [0, 0.05) is 22.9 Å². The average Bonchev–Trinajstić information content (AvgIpc) is 3.67. The van der Waals surface area contributed by atoms with Crippen molar-refractivity contribution in [2.45, 2.75) is 144 Å². The Kier molecular flexibility index (Phi) is 12.5. The smallest absolute Gasteiger partial charge is 0.149 e. The molecule has 0 aliphatic rings. The summed E-state index contributed by atoms with van der Waals surface area (Å²) in [6.07, 6.45) is 1.93. The number of hydrogen-bond donors (Lipinski definition) is 1. The predicted molar refractivity (Wildman–Crippen MR) is 291 cm³/mol. The topological polar surface area (TPSA) is 50.9 Å². The standard InChI is InChI=1S/C64H73N3O/c1-39(2)44-35-53(40(3)4)59(68)54(36-44)60-66-58-52(18-17-19-56(58)67(60)57-38-49(63(11,12)13)28-29-51(57)42-22-26-48(27-23-42)62(8,9)10)45-32-46(34-50(33-45)64(14,15)16)55-37-43(30-31-65-55)41-20-24-47(25-21-41)61(5,6)7/h17-40,68H,1-16H3. The minimum absolute atomic E-state index is 0.0239.